The molecule has 0 bridgehead atoms. The highest BCUT2D eigenvalue weighted by atomic mass is 16.2. The minimum absolute atomic E-state index is 0.0535. The number of nitrogens with one attached hydrogen (secondary N) is 1. The number of nitrogens with zero attached hydrogens (tertiary/aromatic N) is 2. The summed E-state index contributed by atoms with van der Waals surface area (Å²) in [5.74, 6) is 0.316. The Balaban J connectivity index is 1.33. The summed E-state index contributed by atoms with van der Waals surface area (Å²) in [6, 6.07) is 17.5. The molecule has 5 heteroatoms. The lowest BCUT2D eigenvalue weighted by Gasteiger charge is -2.36. The van der Waals surface area contributed by atoms with Crippen LogP contribution in [0.1, 0.15) is 23.2 Å². The molecular formula is C21H23N3O2. The standard InChI is InChI=1S/C21H23N3O2/c25-20(16-6-7-16)22-18-10-8-17(9-11-18)21(26)24-14-12-23(13-15-24)19-4-2-1-3-5-19/h1-5,8-11,16H,6-7,12-15H2,(H,22,25). The van der Waals surface area contributed by atoms with Crippen LogP contribution in [0.25, 0.3) is 0 Å². The van der Waals surface area contributed by atoms with Crippen LogP contribution in [0.3, 0.4) is 0 Å². The number of para-hydroxylation sites is 1. The van der Waals surface area contributed by atoms with Crippen LogP contribution >= 0.6 is 0 Å². The first-order valence-corrected chi connectivity index (χ1v) is 9.21. The molecule has 0 spiro atoms. The molecule has 134 valence electrons. The van der Waals surface area contributed by atoms with E-state index in [1.807, 2.05) is 35.2 Å². The first-order valence-electron chi connectivity index (χ1n) is 9.21. The van der Waals surface area contributed by atoms with E-state index in [1.54, 1.807) is 12.1 Å². The van der Waals surface area contributed by atoms with Crippen molar-refractivity contribution in [2.24, 2.45) is 5.92 Å². The lowest BCUT2D eigenvalue weighted by atomic mass is 10.1. The zero-order valence-corrected chi connectivity index (χ0v) is 14.7. The molecule has 2 aliphatic rings. The van der Waals surface area contributed by atoms with Crippen LogP contribution in [0, 0.1) is 5.92 Å². The normalized spacial score (nSPS) is 17.1. The summed E-state index contributed by atoms with van der Waals surface area (Å²) in [5, 5.41) is 2.90. The fourth-order valence-electron chi connectivity index (χ4n) is 3.28. The third kappa shape index (κ3) is 3.72. The van der Waals surface area contributed by atoms with Gasteiger partial charge in [-0.3, -0.25) is 9.59 Å². The fraction of sp³-hybridized carbons (Fsp3) is 0.333. The number of anilines is 2. The molecule has 2 aromatic rings. The highest BCUT2D eigenvalue weighted by molar-refractivity contribution is 5.97. The average molecular weight is 349 g/mol. The minimum atomic E-state index is 0.0535. The number of hydrogen-bond donors (Lipinski definition) is 1. The first kappa shape index (κ1) is 16.6. The Morgan fingerprint density at radius 2 is 1.50 bits per heavy atom. The summed E-state index contributed by atoms with van der Waals surface area (Å²) in [6.45, 7) is 3.11. The maximum Gasteiger partial charge on any atom is 0.253 e. The number of carbonyl (C=O) groups excluding carboxylic acids is 2. The Labute approximate surface area is 153 Å². The second-order valence-electron chi connectivity index (χ2n) is 6.96. The SMILES string of the molecule is O=C(Nc1ccc(C(=O)N2CCN(c3ccccc3)CC2)cc1)C1CC1. The zero-order valence-electron chi connectivity index (χ0n) is 14.7. The quantitative estimate of drug-likeness (QED) is 0.923. The molecule has 5 nitrogen and oxygen atoms in total. The smallest absolute Gasteiger partial charge is 0.253 e. The molecule has 1 heterocycles. The van der Waals surface area contributed by atoms with E-state index in [1.165, 1.54) is 5.69 Å². The number of benzene rings is 2. The summed E-state index contributed by atoms with van der Waals surface area (Å²) in [4.78, 5) is 28.7. The molecule has 0 unspecified atom stereocenters. The van der Waals surface area contributed by atoms with Crippen molar-refractivity contribution in [2.45, 2.75) is 12.8 Å². The van der Waals surface area contributed by atoms with Gasteiger partial charge in [0.25, 0.3) is 5.91 Å². The van der Waals surface area contributed by atoms with Gasteiger partial charge in [-0.2, -0.15) is 0 Å². The lowest BCUT2D eigenvalue weighted by molar-refractivity contribution is -0.117. The van der Waals surface area contributed by atoms with E-state index < -0.39 is 0 Å². The molecule has 2 fully saturated rings. The molecule has 4 rings (SSSR count). The van der Waals surface area contributed by atoms with Crippen molar-refractivity contribution in [3.8, 4) is 0 Å². The maximum absolute atomic E-state index is 12.7. The summed E-state index contributed by atoms with van der Waals surface area (Å²) in [5.41, 5.74) is 2.63. The molecule has 0 radical (unpaired) electrons. The van der Waals surface area contributed by atoms with Crippen LogP contribution < -0.4 is 10.2 Å². The van der Waals surface area contributed by atoms with E-state index in [0.29, 0.717) is 18.7 Å². The van der Waals surface area contributed by atoms with Gasteiger partial charge in [-0.25, -0.2) is 0 Å². The van der Waals surface area contributed by atoms with Crippen molar-refractivity contribution in [1.29, 1.82) is 0 Å². The largest absolute Gasteiger partial charge is 0.368 e. The van der Waals surface area contributed by atoms with Gasteiger partial charge in [-0.1, -0.05) is 18.2 Å². The van der Waals surface area contributed by atoms with Crippen molar-refractivity contribution in [3.63, 3.8) is 0 Å². The van der Waals surface area contributed by atoms with E-state index in [0.717, 1.165) is 31.6 Å². The third-order valence-electron chi connectivity index (χ3n) is 5.04. The summed E-state index contributed by atoms with van der Waals surface area (Å²) in [7, 11) is 0. The second-order valence-corrected chi connectivity index (χ2v) is 6.96. The molecule has 1 saturated heterocycles. The van der Waals surface area contributed by atoms with Crippen LogP contribution in [0.2, 0.25) is 0 Å². The Hall–Kier alpha value is -2.82. The molecule has 1 N–H and O–H groups in total. The van der Waals surface area contributed by atoms with Gasteiger partial charge in [-0.15, -0.1) is 0 Å². The fourth-order valence-corrected chi connectivity index (χ4v) is 3.28. The predicted molar refractivity (Wildman–Crippen MR) is 102 cm³/mol. The molecule has 0 atom stereocenters. The third-order valence-corrected chi connectivity index (χ3v) is 5.04. The van der Waals surface area contributed by atoms with Gasteiger partial charge in [0.2, 0.25) is 5.91 Å². The molecule has 26 heavy (non-hydrogen) atoms. The molecular weight excluding hydrogens is 326 g/mol. The van der Waals surface area contributed by atoms with Gasteiger partial charge in [0.05, 0.1) is 0 Å². The summed E-state index contributed by atoms with van der Waals surface area (Å²) >= 11 is 0. The number of rotatable bonds is 4. The van der Waals surface area contributed by atoms with Crippen molar-refractivity contribution < 1.29 is 9.59 Å². The Kier molecular flexibility index (Phi) is 4.61. The molecule has 2 amide bonds. The van der Waals surface area contributed by atoms with Gasteiger partial charge in [-0.05, 0) is 49.2 Å². The number of piperazine rings is 1. The van der Waals surface area contributed by atoms with Gasteiger partial charge >= 0.3 is 0 Å². The molecule has 0 aromatic heterocycles. The van der Waals surface area contributed by atoms with Crippen LogP contribution in [-0.2, 0) is 4.79 Å². The van der Waals surface area contributed by atoms with Gasteiger partial charge in [0.1, 0.15) is 0 Å². The van der Waals surface area contributed by atoms with E-state index in [4.69, 9.17) is 0 Å². The number of amides is 2. The average Bonchev–Trinajstić information content (AvgIpc) is 3.54. The van der Waals surface area contributed by atoms with Crippen molar-refractivity contribution in [2.75, 3.05) is 36.4 Å². The predicted octanol–water partition coefficient (Wildman–Crippen LogP) is 3.00. The number of hydrogen-bond acceptors (Lipinski definition) is 3. The molecule has 1 aliphatic carbocycles. The minimum Gasteiger partial charge on any atom is -0.368 e. The molecule has 1 aliphatic heterocycles. The topological polar surface area (TPSA) is 52.7 Å². The van der Waals surface area contributed by atoms with Gasteiger partial charge in [0, 0.05) is 49.0 Å². The van der Waals surface area contributed by atoms with Crippen LogP contribution in [-0.4, -0.2) is 42.9 Å². The van der Waals surface area contributed by atoms with E-state index >= 15 is 0 Å². The van der Waals surface area contributed by atoms with Crippen molar-refractivity contribution in [1.82, 2.24) is 4.90 Å². The molecule has 2 aromatic carbocycles. The van der Waals surface area contributed by atoms with E-state index in [2.05, 4.69) is 22.3 Å². The second kappa shape index (κ2) is 7.20. The van der Waals surface area contributed by atoms with Gasteiger partial charge in [0.15, 0.2) is 0 Å². The summed E-state index contributed by atoms with van der Waals surface area (Å²) in [6.07, 6.45) is 1.97. The van der Waals surface area contributed by atoms with Crippen LogP contribution in [0.5, 0.6) is 0 Å². The lowest BCUT2D eigenvalue weighted by Crippen LogP contribution is -2.48. The van der Waals surface area contributed by atoms with Crippen LogP contribution in [0.15, 0.2) is 54.6 Å². The van der Waals surface area contributed by atoms with E-state index in [9.17, 15) is 9.59 Å². The van der Waals surface area contributed by atoms with Crippen molar-refractivity contribution in [3.05, 3.63) is 60.2 Å². The zero-order chi connectivity index (χ0) is 17.9. The van der Waals surface area contributed by atoms with Gasteiger partial charge < -0.3 is 15.1 Å². The van der Waals surface area contributed by atoms with Crippen molar-refractivity contribution >= 4 is 23.2 Å². The highest BCUT2D eigenvalue weighted by Gasteiger charge is 2.29. The highest BCUT2D eigenvalue weighted by Crippen LogP contribution is 2.30. The first-order chi connectivity index (χ1) is 12.7. The number of carbonyl (C=O) groups is 2. The summed E-state index contributed by atoms with van der Waals surface area (Å²) < 4.78 is 0. The monoisotopic (exact) mass is 349 g/mol. The Bertz CT molecular complexity index is 777. The maximum atomic E-state index is 12.7. The van der Waals surface area contributed by atoms with E-state index in [-0.39, 0.29) is 17.7 Å². The Morgan fingerprint density at radius 3 is 2.12 bits per heavy atom. The molecule has 1 saturated carbocycles. The van der Waals surface area contributed by atoms with Crippen LogP contribution in [0.4, 0.5) is 11.4 Å². The Morgan fingerprint density at radius 1 is 0.846 bits per heavy atom.